The van der Waals surface area contributed by atoms with Crippen LogP contribution in [0.15, 0.2) is 42.6 Å². The molecule has 1 aliphatic heterocycles. The van der Waals surface area contributed by atoms with Gasteiger partial charge in [-0.15, -0.1) is 11.3 Å². The van der Waals surface area contributed by atoms with Crippen molar-refractivity contribution in [2.45, 2.75) is 25.4 Å². The third-order valence-electron chi connectivity index (χ3n) is 5.49. The Morgan fingerprint density at radius 1 is 1.19 bits per heavy atom. The van der Waals surface area contributed by atoms with E-state index in [2.05, 4.69) is 41.1 Å². The first-order valence-corrected chi connectivity index (χ1v) is 10.3. The van der Waals surface area contributed by atoms with Gasteiger partial charge >= 0.3 is 0 Å². The standard InChI is InChI=1S/C22H26N2O2S/c1-15(22-18(26-3)8-6-11-23-22)21-17-7-4-5-9-19(17)27-20(21)10-12-24-13-16(14-24)25-2/h4-9,11,15-16H,10,12-14H2,1-3H3. The van der Waals surface area contributed by atoms with Crippen LogP contribution in [0.1, 0.15) is 29.0 Å². The molecule has 1 aromatic carbocycles. The highest BCUT2D eigenvalue weighted by Crippen LogP contribution is 2.40. The molecule has 1 atom stereocenters. The molecular formula is C22H26N2O2S. The first kappa shape index (κ1) is 18.4. The Morgan fingerprint density at radius 2 is 2.00 bits per heavy atom. The number of thiophene rings is 1. The zero-order valence-corrected chi connectivity index (χ0v) is 17.0. The molecule has 1 unspecified atom stereocenters. The van der Waals surface area contributed by atoms with Crippen molar-refractivity contribution in [1.29, 1.82) is 0 Å². The number of nitrogens with zero attached hydrogens (tertiary/aromatic N) is 2. The zero-order valence-electron chi connectivity index (χ0n) is 16.1. The SMILES string of the molecule is COc1cccnc1C(C)c1c(CCN2CC(OC)C2)sc2ccccc12. The van der Waals surface area contributed by atoms with Gasteiger partial charge in [0.15, 0.2) is 0 Å². The zero-order chi connectivity index (χ0) is 18.8. The number of likely N-dealkylation sites (tertiary alicyclic amines) is 1. The lowest BCUT2D eigenvalue weighted by Gasteiger charge is -2.38. The molecule has 3 heterocycles. The van der Waals surface area contributed by atoms with Crippen molar-refractivity contribution in [3.05, 3.63) is 58.7 Å². The van der Waals surface area contributed by atoms with E-state index in [0.29, 0.717) is 6.10 Å². The van der Waals surface area contributed by atoms with E-state index in [1.165, 1.54) is 20.5 Å². The molecule has 0 aliphatic carbocycles. The maximum absolute atomic E-state index is 5.58. The van der Waals surface area contributed by atoms with Gasteiger partial charge in [0.2, 0.25) is 0 Å². The average molecular weight is 383 g/mol. The lowest BCUT2D eigenvalue weighted by molar-refractivity contribution is -0.0284. The van der Waals surface area contributed by atoms with Crippen LogP contribution in [0.25, 0.3) is 10.1 Å². The van der Waals surface area contributed by atoms with Crippen LogP contribution in [-0.4, -0.2) is 49.8 Å². The Bertz CT molecular complexity index is 918. The summed E-state index contributed by atoms with van der Waals surface area (Å²) in [5.74, 6) is 1.05. The lowest BCUT2D eigenvalue weighted by atomic mass is 9.92. The Kier molecular flexibility index (Phi) is 5.43. The largest absolute Gasteiger partial charge is 0.495 e. The number of hydrogen-bond acceptors (Lipinski definition) is 5. The third kappa shape index (κ3) is 3.59. The summed E-state index contributed by atoms with van der Waals surface area (Å²) in [4.78, 5) is 8.57. The smallest absolute Gasteiger partial charge is 0.140 e. The Labute approximate surface area is 164 Å². The second-order valence-electron chi connectivity index (χ2n) is 7.11. The number of rotatable bonds is 7. The second-order valence-corrected chi connectivity index (χ2v) is 8.25. The molecule has 3 aromatic rings. The molecule has 0 amide bonds. The van der Waals surface area contributed by atoms with Gasteiger partial charge in [-0.2, -0.15) is 0 Å². The van der Waals surface area contributed by atoms with E-state index < -0.39 is 0 Å². The molecular weight excluding hydrogens is 356 g/mol. The van der Waals surface area contributed by atoms with Crippen LogP contribution >= 0.6 is 11.3 Å². The molecule has 0 saturated carbocycles. The summed E-state index contributed by atoms with van der Waals surface area (Å²) in [6.45, 7) is 5.40. The molecule has 1 fully saturated rings. The normalized spacial score (nSPS) is 16.4. The molecule has 142 valence electrons. The van der Waals surface area contributed by atoms with E-state index in [-0.39, 0.29) is 5.92 Å². The first-order valence-electron chi connectivity index (χ1n) is 9.45. The fourth-order valence-electron chi connectivity index (χ4n) is 3.93. The highest BCUT2D eigenvalue weighted by molar-refractivity contribution is 7.19. The van der Waals surface area contributed by atoms with Crippen LogP contribution in [-0.2, 0) is 11.2 Å². The number of methoxy groups -OCH3 is 2. The Balaban J connectivity index is 1.66. The fraction of sp³-hybridized carbons (Fsp3) is 0.409. The van der Waals surface area contributed by atoms with Gasteiger partial charge in [-0.1, -0.05) is 25.1 Å². The van der Waals surface area contributed by atoms with Crippen LogP contribution in [0.2, 0.25) is 0 Å². The van der Waals surface area contributed by atoms with Crippen molar-refractivity contribution in [1.82, 2.24) is 9.88 Å². The van der Waals surface area contributed by atoms with E-state index >= 15 is 0 Å². The minimum atomic E-state index is 0.190. The molecule has 0 spiro atoms. The number of aromatic nitrogens is 1. The quantitative estimate of drug-likeness (QED) is 0.609. The van der Waals surface area contributed by atoms with Gasteiger partial charge in [0.1, 0.15) is 5.75 Å². The van der Waals surface area contributed by atoms with Gasteiger partial charge in [0, 0.05) is 48.4 Å². The molecule has 2 aromatic heterocycles. The molecule has 27 heavy (non-hydrogen) atoms. The maximum atomic E-state index is 5.58. The second kappa shape index (κ2) is 7.97. The van der Waals surface area contributed by atoms with Gasteiger partial charge in [0.25, 0.3) is 0 Å². The van der Waals surface area contributed by atoms with Crippen LogP contribution in [0.5, 0.6) is 5.75 Å². The summed E-state index contributed by atoms with van der Waals surface area (Å²) < 4.78 is 12.3. The van der Waals surface area contributed by atoms with Gasteiger partial charge in [-0.05, 0) is 35.6 Å². The summed E-state index contributed by atoms with van der Waals surface area (Å²) in [5.41, 5.74) is 2.41. The highest BCUT2D eigenvalue weighted by atomic mass is 32.1. The topological polar surface area (TPSA) is 34.6 Å². The summed E-state index contributed by atoms with van der Waals surface area (Å²) in [5, 5.41) is 1.34. The number of fused-ring (bicyclic) bond motifs is 1. The predicted molar refractivity (Wildman–Crippen MR) is 111 cm³/mol. The lowest BCUT2D eigenvalue weighted by Crippen LogP contribution is -2.52. The number of ether oxygens (including phenoxy) is 2. The van der Waals surface area contributed by atoms with Crippen molar-refractivity contribution in [2.75, 3.05) is 33.9 Å². The molecule has 4 nitrogen and oxygen atoms in total. The van der Waals surface area contributed by atoms with Crippen molar-refractivity contribution < 1.29 is 9.47 Å². The van der Waals surface area contributed by atoms with E-state index in [4.69, 9.17) is 9.47 Å². The number of pyridine rings is 1. The van der Waals surface area contributed by atoms with Gasteiger partial charge < -0.3 is 9.47 Å². The maximum Gasteiger partial charge on any atom is 0.140 e. The average Bonchev–Trinajstić information content (AvgIpc) is 3.04. The molecule has 4 rings (SSSR count). The van der Waals surface area contributed by atoms with E-state index in [1.54, 1.807) is 14.2 Å². The first-order chi connectivity index (χ1) is 13.2. The monoisotopic (exact) mass is 382 g/mol. The van der Waals surface area contributed by atoms with Crippen molar-refractivity contribution >= 4 is 21.4 Å². The Hall–Kier alpha value is -1.95. The molecule has 5 heteroatoms. The van der Waals surface area contributed by atoms with Gasteiger partial charge in [-0.25, -0.2) is 0 Å². The summed E-state index contributed by atoms with van der Waals surface area (Å²) in [6, 6.07) is 12.6. The molecule has 0 radical (unpaired) electrons. The van der Waals surface area contributed by atoms with E-state index in [1.807, 2.05) is 29.7 Å². The summed E-state index contributed by atoms with van der Waals surface area (Å²) in [7, 11) is 3.52. The van der Waals surface area contributed by atoms with Crippen LogP contribution < -0.4 is 4.74 Å². The van der Waals surface area contributed by atoms with Gasteiger partial charge in [-0.3, -0.25) is 9.88 Å². The highest BCUT2D eigenvalue weighted by Gasteiger charge is 2.27. The van der Waals surface area contributed by atoms with Crippen molar-refractivity contribution in [2.24, 2.45) is 0 Å². The van der Waals surface area contributed by atoms with Crippen molar-refractivity contribution in [3.63, 3.8) is 0 Å². The van der Waals surface area contributed by atoms with Gasteiger partial charge in [0.05, 0.1) is 18.9 Å². The minimum Gasteiger partial charge on any atom is -0.495 e. The third-order valence-corrected chi connectivity index (χ3v) is 6.73. The predicted octanol–water partition coefficient (Wildman–Crippen LogP) is 4.33. The van der Waals surface area contributed by atoms with Crippen LogP contribution in [0.3, 0.4) is 0 Å². The summed E-state index contributed by atoms with van der Waals surface area (Å²) in [6.07, 6.45) is 3.32. The van der Waals surface area contributed by atoms with Crippen LogP contribution in [0.4, 0.5) is 0 Å². The molecule has 1 saturated heterocycles. The number of benzene rings is 1. The van der Waals surface area contributed by atoms with Crippen molar-refractivity contribution in [3.8, 4) is 5.75 Å². The fourth-order valence-corrected chi connectivity index (χ4v) is 5.22. The molecule has 1 aliphatic rings. The minimum absolute atomic E-state index is 0.190. The summed E-state index contributed by atoms with van der Waals surface area (Å²) >= 11 is 1.92. The van der Waals surface area contributed by atoms with E-state index in [0.717, 1.165) is 37.5 Å². The Morgan fingerprint density at radius 3 is 2.78 bits per heavy atom. The van der Waals surface area contributed by atoms with Crippen LogP contribution in [0, 0.1) is 0 Å². The van der Waals surface area contributed by atoms with E-state index in [9.17, 15) is 0 Å². The molecule has 0 N–H and O–H groups in total. The molecule has 0 bridgehead atoms. The number of hydrogen-bond donors (Lipinski definition) is 0.